The molecular weight excluding hydrogens is 342 g/mol. The van der Waals surface area contributed by atoms with Gasteiger partial charge in [0.1, 0.15) is 0 Å². The van der Waals surface area contributed by atoms with Crippen molar-refractivity contribution in [1.29, 1.82) is 0 Å². The number of rotatable bonds is 8. The predicted octanol–water partition coefficient (Wildman–Crippen LogP) is 0.936. The first-order valence-electron chi connectivity index (χ1n) is 9.91. The summed E-state index contributed by atoms with van der Waals surface area (Å²) < 4.78 is 5.34. The topological polar surface area (TPSA) is 83.2 Å². The maximum Gasteiger partial charge on any atom is 0.223 e. The summed E-state index contributed by atoms with van der Waals surface area (Å²) in [4.78, 5) is 21.0. The fourth-order valence-corrected chi connectivity index (χ4v) is 3.50. The van der Waals surface area contributed by atoms with Gasteiger partial charge in [-0.15, -0.1) is 0 Å². The normalized spacial score (nSPS) is 17.8. The van der Waals surface area contributed by atoms with Gasteiger partial charge in [0, 0.05) is 45.7 Å². The first-order chi connectivity index (χ1) is 13.2. The molecule has 0 aromatic heterocycles. The Morgan fingerprint density at radius 2 is 1.85 bits per heavy atom. The highest BCUT2D eigenvalue weighted by molar-refractivity contribution is 5.78. The first-order valence-corrected chi connectivity index (χ1v) is 9.91. The molecule has 1 fully saturated rings. The number of nitrogens with one attached hydrogen (secondary N) is 1. The summed E-state index contributed by atoms with van der Waals surface area (Å²) in [7, 11) is 0. The molecule has 1 saturated heterocycles. The first kappa shape index (κ1) is 19.6. The summed E-state index contributed by atoms with van der Waals surface area (Å²) in [5.74, 6) is 0.663. The lowest BCUT2D eigenvalue weighted by Gasteiger charge is -2.26. The second-order valence-corrected chi connectivity index (χ2v) is 7.12. The number of hydrogen-bond donors (Lipinski definition) is 2. The molecule has 0 radical (unpaired) electrons. The number of morpholine rings is 1. The molecule has 0 spiro atoms. The lowest BCUT2D eigenvalue weighted by atomic mass is 10.1. The molecule has 0 aliphatic carbocycles. The minimum absolute atomic E-state index is 0.193. The molecule has 7 nitrogen and oxygen atoms in total. The lowest BCUT2D eigenvalue weighted by molar-refractivity contribution is -0.131. The van der Waals surface area contributed by atoms with E-state index in [1.165, 1.54) is 11.1 Å². The van der Waals surface area contributed by atoms with Crippen LogP contribution in [0, 0.1) is 0 Å². The van der Waals surface area contributed by atoms with Crippen molar-refractivity contribution in [3.63, 3.8) is 0 Å². The largest absolute Gasteiger partial charge is 0.379 e. The van der Waals surface area contributed by atoms with Crippen molar-refractivity contribution in [2.45, 2.75) is 32.4 Å². The Balaban J connectivity index is 1.25. The van der Waals surface area contributed by atoms with Crippen LogP contribution >= 0.6 is 0 Å². The molecule has 2 aliphatic rings. The van der Waals surface area contributed by atoms with Gasteiger partial charge in [0.2, 0.25) is 5.91 Å². The van der Waals surface area contributed by atoms with Crippen molar-refractivity contribution in [1.82, 2.24) is 15.1 Å². The second-order valence-electron chi connectivity index (χ2n) is 7.12. The number of nitrogens with zero attached hydrogens (tertiary/aromatic N) is 3. The van der Waals surface area contributed by atoms with E-state index in [0.29, 0.717) is 18.9 Å². The summed E-state index contributed by atoms with van der Waals surface area (Å²) in [6, 6.07) is 8.24. The van der Waals surface area contributed by atoms with Gasteiger partial charge in [-0.2, -0.15) is 0 Å². The second kappa shape index (κ2) is 10.3. The summed E-state index contributed by atoms with van der Waals surface area (Å²) in [6.45, 7) is 7.59. The number of fused-ring (bicyclic) bond motifs is 1. The average molecular weight is 374 g/mol. The van der Waals surface area contributed by atoms with E-state index < -0.39 is 0 Å². The summed E-state index contributed by atoms with van der Waals surface area (Å²) in [6.07, 6.45) is 2.27. The molecule has 1 aromatic carbocycles. The SMILES string of the molecule is NC(=NCCCC(=O)N1Cc2ccccc2C1)NCCCN1CCOCC1. The molecule has 0 unspecified atom stereocenters. The Bertz CT molecular complexity index is 618. The molecule has 3 N–H and O–H groups in total. The molecule has 3 rings (SSSR count). The molecule has 7 heteroatoms. The number of carbonyl (C=O) groups is 1. The smallest absolute Gasteiger partial charge is 0.223 e. The quantitative estimate of drug-likeness (QED) is 0.402. The zero-order chi connectivity index (χ0) is 18.9. The van der Waals surface area contributed by atoms with E-state index in [0.717, 1.165) is 65.3 Å². The van der Waals surface area contributed by atoms with Gasteiger partial charge in [0.05, 0.1) is 13.2 Å². The highest BCUT2D eigenvalue weighted by Crippen LogP contribution is 2.22. The van der Waals surface area contributed by atoms with Crippen molar-refractivity contribution in [3.8, 4) is 0 Å². The van der Waals surface area contributed by atoms with Crippen molar-refractivity contribution in [2.24, 2.45) is 10.7 Å². The van der Waals surface area contributed by atoms with Gasteiger partial charge in [0.25, 0.3) is 0 Å². The molecule has 2 aliphatic heterocycles. The maximum atomic E-state index is 12.3. The highest BCUT2D eigenvalue weighted by atomic mass is 16.5. The third-order valence-electron chi connectivity index (χ3n) is 5.09. The number of aliphatic imine (C=N–C) groups is 1. The van der Waals surface area contributed by atoms with Crippen LogP contribution in [0.25, 0.3) is 0 Å². The molecule has 0 bridgehead atoms. The summed E-state index contributed by atoms with van der Waals surface area (Å²) >= 11 is 0. The monoisotopic (exact) mass is 373 g/mol. The van der Waals surface area contributed by atoms with Gasteiger partial charge in [0.15, 0.2) is 5.96 Å². The van der Waals surface area contributed by atoms with Crippen LogP contribution in [0.5, 0.6) is 0 Å². The Labute approximate surface area is 161 Å². The molecule has 148 valence electrons. The average Bonchev–Trinajstić information content (AvgIpc) is 3.14. The number of guanidine groups is 1. The molecule has 1 aromatic rings. The van der Waals surface area contributed by atoms with Crippen molar-refractivity contribution in [3.05, 3.63) is 35.4 Å². The van der Waals surface area contributed by atoms with Gasteiger partial charge in [-0.1, -0.05) is 24.3 Å². The summed E-state index contributed by atoms with van der Waals surface area (Å²) in [5.41, 5.74) is 8.42. The van der Waals surface area contributed by atoms with Gasteiger partial charge < -0.3 is 20.7 Å². The van der Waals surface area contributed by atoms with E-state index in [1.807, 2.05) is 17.0 Å². The third kappa shape index (κ3) is 6.22. The molecule has 1 amide bonds. The van der Waals surface area contributed by atoms with Gasteiger partial charge in [-0.25, -0.2) is 0 Å². The fraction of sp³-hybridized carbons (Fsp3) is 0.600. The molecule has 27 heavy (non-hydrogen) atoms. The number of nitrogens with two attached hydrogens (primary N) is 1. The minimum atomic E-state index is 0.193. The van der Waals surface area contributed by atoms with E-state index >= 15 is 0 Å². The number of hydrogen-bond acceptors (Lipinski definition) is 4. The van der Waals surface area contributed by atoms with E-state index in [9.17, 15) is 4.79 Å². The number of amides is 1. The van der Waals surface area contributed by atoms with Crippen LogP contribution in [0.15, 0.2) is 29.3 Å². The van der Waals surface area contributed by atoms with E-state index in [2.05, 4.69) is 27.3 Å². The van der Waals surface area contributed by atoms with Crippen molar-refractivity contribution in [2.75, 3.05) is 45.9 Å². The highest BCUT2D eigenvalue weighted by Gasteiger charge is 2.22. The summed E-state index contributed by atoms with van der Waals surface area (Å²) in [5, 5.41) is 3.15. The van der Waals surface area contributed by atoms with Crippen LogP contribution in [0.3, 0.4) is 0 Å². The third-order valence-corrected chi connectivity index (χ3v) is 5.09. The molecule has 0 atom stereocenters. The zero-order valence-electron chi connectivity index (χ0n) is 16.0. The Morgan fingerprint density at radius 3 is 2.56 bits per heavy atom. The zero-order valence-corrected chi connectivity index (χ0v) is 16.0. The number of carbonyl (C=O) groups excluding carboxylic acids is 1. The van der Waals surface area contributed by atoms with Crippen LogP contribution < -0.4 is 11.1 Å². The van der Waals surface area contributed by atoms with Crippen LogP contribution in [0.1, 0.15) is 30.4 Å². The predicted molar refractivity (Wildman–Crippen MR) is 106 cm³/mol. The Kier molecular flexibility index (Phi) is 7.47. The molecular formula is C20H31N5O2. The maximum absolute atomic E-state index is 12.3. The van der Waals surface area contributed by atoms with Crippen LogP contribution in [0.2, 0.25) is 0 Å². The van der Waals surface area contributed by atoms with Crippen LogP contribution in [-0.4, -0.2) is 67.6 Å². The Hall–Kier alpha value is -2.12. The van der Waals surface area contributed by atoms with Crippen molar-refractivity contribution >= 4 is 11.9 Å². The lowest BCUT2D eigenvalue weighted by Crippen LogP contribution is -2.39. The number of ether oxygens (including phenoxy) is 1. The van der Waals surface area contributed by atoms with Crippen molar-refractivity contribution < 1.29 is 9.53 Å². The van der Waals surface area contributed by atoms with E-state index in [4.69, 9.17) is 10.5 Å². The van der Waals surface area contributed by atoms with Gasteiger partial charge in [-0.3, -0.25) is 14.7 Å². The standard InChI is InChI=1S/C20H31N5O2/c21-20(23-9-4-10-24-11-13-27-14-12-24)22-8-3-7-19(26)25-15-17-5-1-2-6-18(17)16-25/h1-2,5-6H,3-4,7-16H2,(H3,21,22,23). The van der Waals surface area contributed by atoms with Crippen LogP contribution in [0.4, 0.5) is 0 Å². The Morgan fingerprint density at radius 1 is 1.15 bits per heavy atom. The van der Waals surface area contributed by atoms with Gasteiger partial charge in [-0.05, 0) is 30.5 Å². The molecule has 0 saturated carbocycles. The van der Waals surface area contributed by atoms with E-state index in [-0.39, 0.29) is 5.91 Å². The number of benzene rings is 1. The van der Waals surface area contributed by atoms with Crippen LogP contribution in [-0.2, 0) is 22.6 Å². The minimum Gasteiger partial charge on any atom is -0.379 e. The fourth-order valence-electron chi connectivity index (χ4n) is 3.50. The molecule has 2 heterocycles. The van der Waals surface area contributed by atoms with Gasteiger partial charge >= 0.3 is 0 Å². The van der Waals surface area contributed by atoms with E-state index in [1.54, 1.807) is 0 Å².